The molecule has 0 amide bonds. The molecule has 0 aliphatic heterocycles. The fourth-order valence-corrected chi connectivity index (χ4v) is 2.28. The molecule has 0 aliphatic carbocycles. The zero-order valence-electron chi connectivity index (χ0n) is 10.7. The number of halogens is 1. The lowest BCUT2D eigenvalue weighted by molar-refractivity contribution is -0.137. The number of hydrogen-bond acceptors (Lipinski definition) is 4. The summed E-state index contributed by atoms with van der Waals surface area (Å²) in [5.41, 5.74) is 2.44. The lowest BCUT2D eigenvalue weighted by atomic mass is 10.1. The van der Waals surface area contributed by atoms with Gasteiger partial charge in [-0.25, -0.2) is 15.2 Å². The maximum absolute atomic E-state index is 8.57. The Morgan fingerprint density at radius 3 is 2.50 bits per heavy atom. The Morgan fingerprint density at radius 2 is 1.80 bits per heavy atom. The van der Waals surface area contributed by atoms with E-state index in [0.29, 0.717) is 16.6 Å². The van der Waals surface area contributed by atoms with E-state index in [1.165, 1.54) is 0 Å². The summed E-state index contributed by atoms with van der Waals surface area (Å²) in [6, 6.07) is 12.5. The molecule has 0 unspecified atom stereocenters. The topological polar surface area (TPSA) is 55.2 Å². The highest BCUT2D eigenvalue weighted by atomic mass is 35.5. The largest absolute Gasteiger partial charge is 0.340 e. The summed E-state index contributed by atoms with van der Waals surface area (Å²) >= 11 is 6.19. The third-order valence-corrected chi connectivity index (χ3v) is 3.39. The highest BCUT2D eigenvalue weighted by molar-refractivity contribution is 6.35. The van der Waals surface area contributed by atoms with Crippen LogP contribution in [0.2, 0.25) is 5.02 Å². The van der Waals surface area contributed by atoms with Gasteiger partial charge in [-0.2, -0.15) is 0 Å². The first kappa shape index (κ1) is 12.8. The fourth-order valence-electron chi connectivity index (χ4n) is 2.06. The number of para-hydroxylation sites is 1. The van der Waals surface area contributed by atoms with E-state index in [9.17, 15) is 0 Å². The number of aromatic nitrogens is 2. The standard InChI is InChI=1S/C15H11ClN2O2/c1-9-12-3-2-4-13(16)14(12)18-15(17-9)10-5-7-11(20-19)8-6-10/h2-8,19H,1H3. The second kappa shape index (κ2) is 5.07. The van der Waals surface area contributed by atoms with Gasteiger partial charge in [0.1, 0.15) is 0 Å². The van der Waals surface area contributed by atoms with Crippen LogP contribution < -0.4 is 4.89 Å². The molecule has 3 rings (SSSR count). The van der Waals surface area contributed by atoms with Gasteiger partial charge in [0.05, 0.1) is 10.5 Å². The normalized spacial score (nSPS) is 10.8. The monoisotopic (exact) mass is 286 g/mol. The van der Waals surface area contributed by atoms with E-state index < -0.39 is 0 Å². The van der Waals surface area contributed by atoms with Crippen molar-refractivity contribution in [2.45, 2.75) is 6.92 Å². The molecule has 0 saturated carbocycles. The van der Waals surface area contributed by atoms with E-state index in [0.717, 1.165) is 22.2 Å². The maximum atomic E-state index is 8.57. The molecule has 0 saturated heterocycles. The average molecular weight is 287 g/mol. The number of nitrogens with zero attached hydrogens (tertiary/aromatic N) is 2. The second-order valence-corrected chi connectivity index (χ2v) is 4.79. The molecule has 0 aliphatic rings. The van der Waals surface area contributed by atoms with Crippen LogP contribution in [-0.2, 0) is 0 Å². The number of benzene rings is 2. The van der Waals surface area contributed by atoms with Gasteiger partial charge in [0, 0.05) is 16.6 Å². The Hall–Kier alpha value is -2.17. The van der Waals surface area contributed by atoms with Crippen molar-refractivity contribution >= 4 is 22.5 Å². The van der Waals surface area contributed by atoms with Crippen LogP contribution in [-0.4, -0.2) is 15.2 Å². The quantitative estimate of drug-likeness (QED) is 0.569. The molecule has 1 heterocycles. The van der Waals surface area contributed by atoms with Crippen molar-refractivity contribution in [3.63, 3.8) is 0 Å². The van der Waals surface area contributed by atoms with E-state index in [-0.39, 0.29) is 0 Å². The summed E-state index contributed by atoms with van der Waals surface area (Å²) in [5, 5.41) is 10.1. The first-order valence-corrected chi connectivity index (χ1v) is 6.41. The summed E-state index contributed by atoms with van der Waals surface area (Å²) in [6.07, 6.45) is 0. The van der Waals surface area contributed by atoms with E-state index in [1.54, 1.807) is 24.3 Å². The molecule has 100 valence electrons. The summed E-state index contributed by atoms with van der Waals surface area (Å²) in [4.78, 5) is 13.2. The zero-order valence-corrected chi connectivity index (χ0v) is 11.4. The van der Waals surface area contributed by atoms with Crippen molar-refractivity contribution in [3.8, 4) is 17.1 Å². The molecule has 1 aromatic heterocycles. The lowest BCUT2D eigenvalue weighted by Crippen LogP contribution is -1.95. The van der Waals surface area contributed by atoms with Gasteiger partial charge in [0.2, 0.25) is 0 Å². The minimum atomic E-state index is 0.365. The smallest absolute Gasteiger partial charge is 0.165 e. The van der Waals surface area contributed by atoms with Crippen LogP contribution in [0.15, 0.2) is 42.5 Å². The van der Waals surface area contributed by atoms with E-state index in [1.807, 2.05) is 25.1 Å². The fraction of sp³-hybridized carbons (Fsp3) is 0.0667. The molecule has 2 aromatic carbocycles. The van der Waals surface area contributed by atoms with Crippen LogP contribution in [0.1, 0.15) is 5.69 Å². The van der Waals surface area contributed by atoms with Gasteiger partial charge < -0.3 is 4.89 Å². The van der Waals surface area contributed by atoms with Crippen LogP contribution in [0.25, 0.3) is 22.3 Å². The van der Waals surface area contributed by atoms with Crippen molar-refractivity contribution in [1.29, 1.82) is 0 Å². The zero-order chi connectivity index (χ0) is 14.1. The molecule has 0 radical (unpaired) electrons. The number of hydrogen-bond donors (Lipinski definition) is 1. The van der Waals surface area contributed by atoms with Gasteiger partial charge >= 0.3 is 0 Å². The molecule has 20 heavy (non-hydrogen) atoms. The van der Waals surface area contributed by atoms with Crippen molar-refractivity contribution < 1.29 is 10.1 Å². The Labute approximate surface area is 120 Å². The predicted molar refractivity (Wildman–Crippen MR) is 78.0 cm³/mol. The van der Waals surface area contributed by atoms with Crippen LogP contribution >= 0.6 is 11.6 Å². The summed E-state index contributed by atoms with van der Waals surface area (Å²) in [6.45, 7) is 1.93. The van der Waals surface area contributed by atoms with Crippen LogP contribution in [0.3, 0.4) is 0 Å². The van der Waals surface area contributed by atoms with Gasteiger partial charge in [-0.05, 0) is 37.3 Å². The van der Waals surface area contributed by atoms with Crippen molar-refractivity contribution in [1.82, 2.24) is 9.97 Å². The average Bonchev–Trinajstić information content (AvgIpc) is 2.48. The highest BCUT2D eigenvalue weighted by Gasteiger charge is 2.09. The van der Waals surface area contributed by atoms with Crippen LogP contribution in [0.5, 0.6) is 5.75 Å². The molecule has 5 heteroatoms. The minimum absolute atomic E-state index is 0.365. The van der Waals surface area contributed by atoms with Gasteiger partial charge in [-0.15, -0.1) is 0 Å². The Bertz CT molecular complexity index is 773. The van der Waals surface area contributed by atoms with Crippen molar-refractivity contribution in [3.05, 3.63) is 53.2 Å². The maximum Gasteiger partial charge on any atom is 0.165 e. The van der Waals surface area contributed by atoms with Gasteiger partial charge in [-0.1, -0.05) is 23.7 Å². The number of fused-ring (bicyclic) bond motifs is 1. The lowest BCUT2D eigenvalue weighted by Gasteiger charge is -2.07. The molecular formula is C15H11ClN2O2. The molecule has 1 N–H and O–H groups in total. The van der Waals surface area contributed by atoms with E-state index >= 15 is 0 Å². The first-order valence-electron chi connectivity index (χ1n) is 6.04. The third kappa shape index (κ3) is 2.19. The van der Waals surface area contributed by atoms with Crippen molar-refractivity contribution in [2.75, 3.05) is 0 Å². The first-order chi connectivity index (χ1) is 9.69. The van der Waals surface area contributed by atoms with Gasteiger partial charge in [-0.3, -0.25) is 0 Å². The SMILES string of the molecule is Cc1nc(-c2ccc(OO)cc2)nc2c(Cl)cccc12. The molecule has 0 fully saturated rings. The van der Waals surface area contributed by atoms with E-state index in [2.05, 4.69) is 14.9 Å². The molecular weight excluding hydrogens is 276 g/mol. The predicted octanol–water partition coefficient (Wildman–Crippen LogP) is 4.11. The second-order valence-electron chi connectivity index (χ2n) is 4.38. The summed E-state index contributed by atoms with van der Waals surface area (Å²) in [5.74, 6) is 0.955. The molecule has 3 aromatic rings. The molecule has 0 spiro atoms. The Balaban J connectivity index is 2.18. The molecule has 0 atom stereocenters. The van der Waals surface area contributed by atoms with E-state index in [4.69, 9.17) is 16.9 Å². The van der Waals surface area contributed by atoms with Crippen LogP contribution in [0, 0.1) is 6.92 Å². The molecule has 0 bridgehead atoms. The minimum Gasteiger partial charge on any atom is -0.340 e. The van der Waals surface area contributed by atoms with Gasteiger partial charge in [0.15, 0.2) is 11.6 Å². The Morgan fingerprint density at radius 1 is 1.05 bits per heavy atom. The molecule has 4 nitrogen and oxygen atoms in total. The Kier molecular flexibility index (Phi) is 3.26. The van der Waals surface area contributed by atoms with Crippen molar-refractivity contribution in [2.24, 2.45) is 0 Å². The summed E-state index contributed by atoms with van der Waals surface area (Å²) in [7, 11) is 0. The third-order valence-electron chi connectivity index (χ3n) is 3.09. The highest BCUT2D eigenvalue weighted by Crippen LogP contribution is 2.27. The van der Waals surface area contributed by atoms with Crippen LogP contribution in [0.4, 0.5) is 0 Å². The summed E-state index contributed by atoms with van der Waals surface area (Å²) < 4.78 is 0. The number of aryl methyl sites for hydroxylation is 1. The van der Waals surface area contributed by atoms with Gasteiger partial charge in [0.25, 0.3) is 0 Å². The number of rotatable bonds is 2.